The van der Waals surface area contributed by atoms with Gasteiger partial charge >= 0.3 is 0 Å². The lowest BCUT2D eigenvalue weighted by Gasteiger charge is -2.06. The average molecular weight is 287 g/mol. The van der Waals surface area contributed by atoms with Crippen LogP contribution in [0.3, 0.4) is 0 Å². The van der Waals surface area contributed by atoms with E-state index in [1.54, 1.807) is 18.3 Å². The van der Waals surface area contributed by atoms with Gasteiger partial charge in [-0.3, -0.25) is 4.40 Å². The van der Waals surface area contributed by atoms with Crippen molar-refractivity contribution >= 4 is 22.0 Å². The summed E-state index contributed by atoms with van der Waals surface area (Å²) >= 11 is 1.59. The standard InChI is InChI=1S/C14H13N3O2S/c1-10(16-18)11-3-2-4-13(7-11)19-9-12-8-17-5-6-20-14(17)15-12/h2-8,18H,9H2,1H3/b16-10-. The third-order valence-electron chi connectivity index (χ3n) is 2.93. The van der Waals surface area contributed by atoms with Crippen LogP contribution in [0.2, 0.25) is 0 Å². The first kappa shape index (κ1) is 12.7. The predicted molar refractivity (Wildman–Crippen MR) is 77.8 cm³/mol. The molecule has 0 aliphatic carbocycles. The smallest absolute Gasteiger partial charge is 0.193 e. The molecule has 0 aliphatic rings. The molecule has 5 nitrogen and oxygen atoms in total. The molecule has 0 saturated heterocycles. The number of imidazole rings is 1. The van der Waals surface area contributed by atoms with Gasteiger partial charge in [-0.2, -0.15) is 0 Å². The Kier molecular flexibility index (Phi) is 3.39. The van der Waals surface area contributed by atoms with Crippen LogP contribution in [0, 0.1) is 0 Å². The number of ether oxygens (including phenoxy) is 1. The maximum atomic E-state index is 8.78. The molecule has 3 aromatic rings. The molecule has 2 aromatic heterocycles. The number of nitrogens with zero attached hydrogens (tertiary/aromatic N) is 3. The highest BCUT2D eigenvalue weighted by atomic mass is 32.1. The Balaban J connectivity index is 1.73. The van der Waals surface area contributed by atoms with Crippen molar-refractivity contribution in [2.45, 2.75) is 13.5 Å². The normalized spacial score (nSPS) is 11.9. The van der Waals surface area contributed by atoms with Crippen LogP contribution in [-0.4, -0.2) is 20.3 Å². The summed E-state index contributed by atoms with van der Waals surface area (Å²) in [7, 11) is 0. The second-order valence-corrected chi connectivity index (χ2v) is 5.20. The molecule has 0 spiro atoms. The van der Waals surface area contributed by atoms with Gasteiger partial charge in [-0.1, -0.05) is 17.3 Å². The predicted octanol–water partition coefficient (Wildman–Crippen LogP) is 3.17. The van der Waals surface area contributed by atoms with Crippen LogP contribution in [0.4, 0.5) is 0 Å². The molecule has 1 aromatic carbocycles. The van der Waals surface area contributed by atoms with E-state index in [4.69, 9.17) is 9.94 Å². The molecule has 0 saturated carbocycles. The fourth-order valence-electron chi connectivity index (χ4n) is 1.87. The molecule has 2 heterocycles. The van der Waals surface area contributed by atoms with Crippen LogP contribution in [0.5, 0.6) is 5.75 Å². The minimum absolute atomic E-state index is 0.410. The summed E-state index contributed by atoms with van der Waals surface area (Å²) in [4.78, 5) is 5.41. The molecule has 102 valence electrons. The first-order valence-corrected chi connectivity index (χ1v) is 6.97. The van der Waals surface area contributed by atoms with Crippen LogP contribution < -0.4 is 4.74 Å². The van der Waals surface area contributed by atoms with Gasteiger partial charge in [0.25, 0.3) is 0 Å². The Hall–Kier alpha value is -2.34. The van der Waals surface area contributed by atoms with Crippen molar-refractivity contribution in [3.8, 4) is 5.75 Å². The van der Waals surface area contributed by atoms with Gasteiger partial charge in [0.15, 0.2) is 4.96 Å². The summed E-state index contributed by atoms with van der Waals surface area (Å²) in [6.45, 7) is 2.15. The molecule has 3 rings (SSSR count). The second-order valence-electron chi connectivity index (χ2n) is 4.33. The summed E-state index contributed by atoms with van der Waals surface area (Å²) in [6.07, 6.45) is 3.92. The largest absolute Gasteiger partial charge is 0.487 e. The average Bonchev–Trinajstić information content (AvgIpc) is 3.05. The minimum Gasteiger partial charge on any atom is -0.487 e. The Labute approximate surface area is 119 Å². The number of hydrogen-bond donors (Lipinski definition) is 1. The van der Waals surface area contributed by atoms with E-state index in [1.807, 2.05) is 46.4 Å². The third-order valence-corrected chi connectivity index (χ3v) is 3.70. The van der Waals surface area contributed by atoms with Crippen molar-refractivity contribution in [3.63, 3.8) is 0 Å². The molecule has 0 fully saturated rings. The number of oxime groups is 1. The van der Waals surface area contributed by atoms with E-state index in [-0.39, 0.29) is 0 Å². The summed E-state index contributed by atoms with van der Waals surface area (Å²) in [6, 6.07) is 7.44. The summed E-state index contributed by atoms with van der Waals surface area (Å²) in [5, 5.41) is 14.0. The molecule has 0 bridgehead atoms. The Morgan fingerprint density at radius 2 is 2.40 bits per heavy atom. The maximum absolute atomic E-state index is 8.78. The number of thiazole rings is 1. The highest BCUT2D eigenvalue weighted by Crippen LogP contribution is 2.17. The molecular formula is C14H13N3O2S. The molecule has 6 heteroatoms. The zero-order chi connectivity index (χ0) is 13.9. The first-order valence-electron chi connectivity index (χ1n) is 6.09. The van der Waals surface area contributed by atoms with E-state index < -0.39 is 0 Å². The Morgan fingerprint density at radius 3 is 3.20 bits per heavy atom. The van der Waals surface area contributed by atoms with E-state index in [1.165, 1.54) is 0 Å². The van der Waals surface area contributed by atoms with Gasteiger partial charge in [0, 0.05) is 23.3 Å². The van der Waals surface area contributed by atoms with Crippen LogP contribution in [0.25, 0.3) is 4.96 Å². The van der Waals surface area contributed by atoms with Gasteiger partial charge in [0.2, 0.25) is 0 Å². The van der Waals surface area contributed by atoms with E-state index in [0.29, 0.717) is 12.3 Å². The number of aromatic nitrogens is 2. The monoisotopic (exact) mass is 287 g/mol. The highest BCUT2D eigenvalue weighted by Gasteiger charge is 2.04. The van der Waals surface area contributed by atoms with Gasteiger partial charge in [-0.05, 0) is 19.1 Å². The molecular weight excluding hydrogens is 274 g/mol. The molecule has 1 N–H and O–H groups in total. The Bertz CT molecular complexity index is 732. The molecule has 0 amide bonds. The molecule has 20 heavy (non-hydrogen) atoms. The van der Waals surface area contributed by atoms with Crippen LogP contribution in [0.1, 0.15) is 18.2 Å². The van der Waals surface area contributed by atoms with Crippen molar-refractivity contribution < 1.29 is 9.94 Å². The molecule has 0 radical (unpaired) electrons. The van der Waals surface area contributed by atoms with Gasteiger partial charge < -0.3 is 9.94 Å². The topological polar surface area (TPSA) is 59.1 Å². The van der Waals surface area contributed by atoms with Crippen molar-refractivity contribution in [1.29, 1.82) is 0 Å². The van der Waals surface area contributed by atoms with Crippen molar-refractivity contribution in [1.82, 2.24) is 9.38 Å². The van der Waals surface area contributed by atoms with Crippen LogP contribution >= 0.6 is 11.3 Å². The quantitative estimate of drug-likeness (QED) is 0.455. The van der Waals surface area contributed by atoms with Gasteiger partial charge in [-0.15, -0.1) is 11.3 Å². The fourth-order valence-corrected chi connectivity index (χ4v) is 2.59. The van der Waals surface area contributed by atoms with Crippen LogP contribution in [-0.2, 0) is 6.61 Å². The lowest BCUT2D eigenvalue weighted by molar-refractivity contribution is 0.302. The van der Waals surface area contributed by atoms with Crippen molar-refractivity contribution in [3.05, 3.63) is 53.3 Å². The lowest BCUT2D eigenvalue weighted by Crippen LogP contribution is -1.98. The fraction of sp³-hybridized carbons (Fsp3) is 0.143. The number of fused-ring (bicyclic) bond motifs is 1. The summed E-state index contributed by atoms with van der Waals surface area (Å²) in [5.41, 5.74) is 2.27. The van der Waals surface area contributed by atoms with Crippen molar-refractivity contribution in [2.75, 3.05) is 0 Å². The minimum atomic E-state index is 0.410. The molecule has 0 unspecified atom stereocenters. The van der Waals surface area contributed by atoms with E-state index in [2.05, 4.69) is 10.1 Å². The summed E-state index contributed by atoms with van der Waals surface area (Å²) < 4.78 is 7.69. The van der Waals surface area contributed by atoms with Gasteiger partial charge in [-0.25, -0.2) is 4.98 Å². The summed E-state index contributed by atoms with van der Waals surface area (Å²) in [5.74, 6) is 0.724. The maximum Gasteiger partial charge on any atom is 0.193 e. The third kappa shape index (κ3) is 2.50. The van der Waals surface area contributed by atoms with Crippen LogP contribution in [0.15, 0.2) is 47.2 Å². The number of hydrogen-bond acceptors (Lipinski definition) is 5. The number of benzene rings is 1. The first-order chi connectivity index (χ1) is 9.76. The zero-order valence-corrected chi connectivity index (χ0v) is 11.7. The molecule has 0 aliphatic heterocycles. The lowest BCUT2D eigenvalue weighted by atomic mass is 10.1. The van der Waals surface area contributed by atoms with Gasteiger partial charge in [0.05, 0.1) is 11.4 Å². The Morgan fingerprint density at radius 1 is 1.50 bits per heavy atom. The SMILES string of the molecule is C/C(=N/O)c1cccc(OCc2cn3ccsc3n2)c1. The van der Waals surface area contributed by atoms with E-state index in [0.717, 1.165) is 22.0 Å². The van der Waals surface area contributed by atoms with E-state index >= 15 is 0 Å². The van der Waals surface area contributed by atoms with Gasteiger partial charge in [0.1, 0.15) is 12.4 Å². The highest BCUT2D eigenvalue weighted by molar-refractivity contribution is 7.15. The second kappa shape index (κ2) is 5.34. The van der Waals surface area contributed by atoms with Crippen molar-refractivity contribution in [2.24, 2.45) is 5.16 Å². The number of rotatable bonds is 4. The molecule has 0 atom stereocenters. The zero-order valence-electron chi connectivity index (χ0n) is 10.9. The van der Waals surface area contributed by atoms with E-state index in [9.17, 15) is 0 Å².